The van der Waals surface area contributed by atoms with E-state index in [1.165, 1.54) is 0 Å². The van der Waals surface area contributed by atoms with Gasteiger partial charge in [0.2, 0.25) is 5.91 Å². The zero-order valence-electron chi connectivity index (χ0n) is 13.3. The molecule has 2 rings (SSSR count). The number of methoxy groups -OCH3 is 1. The summed E-state index contributed by atoms with van der Waals surface area (Å²) in [7, 11) is 3.48. The molecule has 1 atom stereocenters. The Kier molecular flexibility index (Phi) is 6.18. The Balaban J connectivity index is 2.26. The highest BCUT2D eigenvalue weighted by molar-refractivity contribution is 5.83. The number of likely N-dealkylation sites (N-methyl/N-ethyl adjacent to an activating group) is 1. The summed E-state index contributed by atoms with van der Waals surface area (Å²) in [6.45, 7) is 3.53. The van der Waals surface area contributed by atoms with E-state index in [0.717, 1.165) is 24.4 Å². The van der Waals surface area contributed by atoms with Gasteiger partial charge in [-0.05, 0) is 24.7 Å². The second kappa shape index (κ2) is 8.12. The molecule has 0 spiro atoms. The Hall–Kier alpha value is -1.63. The van der Waals surface area contributed by atoms with Crippen molar-refractivity contribution in [3.05, 3.63) is 29.8 Å². The highest BCUT2D eigenvalue weighted by Gasteiger charge is 2.30. The van der Waals surface area contributed by atoms with Crippen molar-refractivity contribution in [2.24, 2.45) is 0 Å². The van der Waals surface area contributed by atoms with Crippen molar-refractivity contribution in [1.29, 1.82) is 0 Å². The maximum Gasteiger partial charge on any atom is 0.244 e. The zero-order chi connectivity index (χ0) is 15.9. The van der Waals surface area contributed by atoms with Crippen LogP contribution in [0.4, 0.5) is 0 Å². The molecule has 1 fully saturated rings. The number of carbonyl (C=O) groups excluding carboxylic acids is 1. The average Bonchev–Trinajstić information content (AvgIpc) is 2.56. The molecule has 1 aliphatic rings. The van der Waals surface area contributed by atoms with Gasteiger partial charge < -0.3 is 20.1 Å². The fourth-order valence-corrected chi connectivity index (χ4v) is 2.74. The lowest BCUT2D eigenvalue weighted by Gasteiger charge is -2.34. The Labute approximate surface area is 131 Å². The Morgan fingerprint density at radius 3 is 2.82 bits per heavy atom. The standard InChI is InChI=1S/C16H25N3O3/c1-18(10-11-20)15(13-4-3-5-14(12-13)22-2)16(21)19-8-6-17-7-9-19/h3-5,12,15,17,20H,6-11H2,1-2H3. The van der Waals surface area contributed by atoms with Gasteiger partial charge in [0.15, 0.2) is 0 Å². The molecular formula is C16H25N3O3. The molecule has 0 radical (unpaired) electrons. The maximum absolute atomic E-state index is 12.9. The number of nitrogens with one attached hydrogen (secondary N) is 1. The van der Waals surface area contributed by atoms with Crippen LogP contribution in [0.2, 0.25) is 0 Å². The largest absolute Gasteiger partial charge is 0.497 e. The van der Waals surface area contributed by atoms with Crippen LogP contribution in [-0.4, -0.2) is 74.3 Å². The Morgan fingerprint density at radius 2 is 2.18 bits per heavy atom. The fraction of sp³-hybridized carbons (Fsp3) is 0.562. The van der Waals surface area contributed by atoms with Crippen molar-refractivity contribution in [2.75, 3.05) is 53.5 Å². The number of carbonyl (C=O) groups is 1. The zero-order valence-corrected chi connectivity index (χ0v) is 13.3. The van der Waals surface area contributed by atoms with Gasteiger partial charge in [-0.15, -0.1) is 0 Å². The fourth-order valence-electron chi connectivity index (χ4n) is 2.74. The maximum atomic E-state index is 12.9. The topological polar surface area (TPSA) is 65.0 Å². The molecule has 0 saturated carbocycles. The molecule has 1 amide bonds. The van der Waals surface area contributed by atoms with Crippen LogP contribution >= 0.6 is 0 Å². The number of ether oxygens (including phenoxy) is 1. The van der Waals surface area contributed by atoms with Gasteiger partial charge in [-0.2, -0.15) is 0 Å². The molecule has 1 heterocycles. The molecule has 2 N–H and O–H groups in total. The van der Waals surface area contributed by atoms with Crippen LogP contribution in [0, 0.1) is 0 Å². The van der Waals surface area contributed by atoms with Crippen molar-refractivity contribution < 1.29 is 14.6 Å². The SMILES string of the molecule is COc1cccc(C(C(=O)N2CCNCC2)N(C)CCO)c1. The molecule has 0 bridgehead atoms. The number of amides is 1. The van der Waals surface area contributed by atoms with Gasteiger partial charge >= 0.3 is 0 Å². The van der Waals surface area contributed by atoms with E-state index in [1.807, 2.05) is 41.1 Å². The molecule has 1 aromatic rings. The minimum absolute atomic E-state index is 0.0196. The molecular weight excluding hydrogens is 282 g/mol. The highest BCUT2D eigenvalue weighted by Crippen LogP contribution is 2.25. The van der Waals surface area contributed by atoms with E-state index in [0.29, 0.717) is 19.6 Å². The molecule has 1 saturated heterocycles. The normalized spacial score (nSPS) is 16.6. The minimum atomic E-state index is -0.402. The number of rotatable bonds is 6. The monoisotopic (exact) mass is 307 g/mol. The van der Waals surface area contributed by atoms with Crippen molar-refractivity contribution >= 4 is 5.91 Å². The molecule has 22 heavy (non-hydrogen) atoms. The number of hydrogen-bond donors (Lipinski definition) is 2. The predicted molar refractivity (Wildman–Crippen MR) is 84.9 cm³/mol. The van der Waals surface area contributed by atoms with Crippen molar-refractivity contribution in [3.8, 4) is 5.75 Å². The van der Waals surface area contributed by atoms with E-state index in [9.17, 15) is 9.90 Å². The second-order valence-electron chi connectivity index (χ2n) is 5.46. The van der Waals surface area contributed by atoms with E-state index < -0.39 is 6.04 Å². The van der Waals surface area contributed by atoms with Gasteiger partial charge in [0.05, 0.1) is 13.7 Å². The first-order chi connectivity index (χ1) is 10.7. The molecule has 1 aliphatic heterocycles. The summed E-state index contributed by atoms with van der Waals surface area (Å²) in [5.41, 5.74) is 0.888. The van der Waals surface area contributed by atoms with Crippen molar-refractivity contribution in [2.45, 2.75) is 6.04 Å². The van der Waals surface area contributed by atoms with Gasteiger partial charge in [0, 0.05) is 32.7 Å². The molecule has 1 unspecified atom stereocenters. The molecule has 1 aromatic carbocycles. The van der Waals surface area contributed by atoms with E-state index in [-0.39, 0.29) is 12.5 Å². The third-order valence-electron chi connectivity index (χ3n) is 3.97. The van der Waals surface area contributed by atoms with E-state index >= 15 is 0 Å². The van der Waals surface area contributed by atoms with Gasteiger partial charge in [0.25, 0.3) is 0 Å². The van der Waals surface area contributed by atoms with Crippen LogP contribution < -0.4 is 10.1 Å². The molecule has 6 heteroatoms. The highest BCUT2D eigenvalue weighted by atomic mass is 16.5. The average molecular weight is 307 g/mol. The molecule has 122 valence electrons. The Bertz CT molecular complexity index is 489. The predicted octanol–water partition coefficient (Wildman–Crippen LogP) is 0.0922. The molecule has 0 aromatic heterocycles. The quantitative estimate of drug-likeness (QED) is 0.780. The van der Waals surface area contributed by atoms with E-state index in [1.54, 1.807) is 7.11 Å². The number of benzene rings is 1. The van der Waals surface area contributed by atoms with Crippen LogP contribution in [0.15, 0.2) is 24.3 Å². The number of aliphatic hydroxyl groups excluding tert-OH is 1. The van der Waals surface area contributed by atoms with E-state index in [2.05, 4.69) is 5.32 Å². The first-order valence-corrected chi connectivity index (χ1v) is 7.62. The first-order valence-electron chi connectivity index (χ1n) is 7.62. The minimum Gasteiger partial charge on any atom is -0.497 e. The summed E-state index contributed by atoms with van der Waals surface area (Å²) < 4.78 is 5.27. The lowest BCUT2D eigenvalue weighted by atomic mass is 10.0. The summed E-state index contributed by atoms with van der Waals surface area (Å²) in [6.07, 6.45) is 0. The van der Waals surface area contributed by atoms with Gasteiger partial charge in [0.1, 0.15) is 11.8 Å². The lowest BCUT2D eigenvalue weighted by Crippen LogP contribution is -2.50. The summed E-state index contributed by atoms with van der Waals surface area (Å²) in [5, 5.41) is 12.5. The third-order valence-corrected chi connectivity index (χ3v) is 3.97. The number of piperazine rings is 1. The van der Waals surface area contributed by atoms with Crippen LogP contribution in [0.3, 0.4) is 0 Å². The van der Waals surface area contributed by atoms with E-state index in [4.69, 9.17) is 4.74 Å². The van der Waals surface area contributed by atoms with Gasteiger partial charge in [-0.1, -0.05) is 12.1 Å². The lowest BCUT2D eigenvalue weighted by molar-refractivity contribution is -0.137. The summed E-state index contributed by atoms with van der Waals surface area (Å²) >= 11 is 0. The Morgan fingerprint density at radius 1 is 1.45 bits per heavy atom. The van der Waals surface area contributed by atoms with Crippen LogP contribution in [0.25, 0.3) is 0 Å². The van der Waals surface area contributed by atoms with Crippen LogP contribution in [0.5, 0.6) is 5.75 Å². The number of aliphatic hydroxyl groups is 1. The smallest absolute Gasteiger partial charge is 0.244 e. The summed E-state index contributed by atoms with van der Waals surface area (Å²) in [5.74, 6) is 0.804. The molecule has 0 aliphatic carbocycles. The molecule has 6 nitrogen and oxygen atoms in total. The van der Waals surface area contributed by atoms with Crippen molar-refractivity contribution in [1.82, 2.24) is 15.1 Å². The number of hydrogen-bond acceptors (Lipinski definition) is 5. The first kappa shape index (κ1) is 16.7. The van der Waals surface area contributed by atoms with Crippen LogP contribution in [0.1, 0.15) is 11.6 Å². The van der Waals surface area contributed by atoms with Gasteiger partial charge in [-0.3, -0.25) is 9.69 Å². The van der Waals surface area contributed by atoms with Crippen molar-refractivity contribution in [3.63, 3.8) is 0 Å². The third kappa shape index (κ3) is 3.97. The number of nitrogens with zero attached hydrogens (tertiary/aromatic N) is 2. The second-order valence-corrected chi connectivity index (χ2v) is 5.46. The summed E-state index contributed by atoms with van der Waals surface area (Å²) in [4.78, 5) is 16.7. The van der Waals surface area contributed by atoms with Crippen LogP contribution in [-0.2, 0) is 4.79 Å². The summed E-state index contributed by atoms with van der Waals surface area (Å²) in [6, 6.07) is 7.17. The van der Waals surface area contributed by atoms with Gasteiger partial charge in [-0.25, -0.2) is 0 Å².